The van der Waals surface area contributed by atoms with Crippen molar-refractivity contribution >= 4 is 34.4 Å². The van der Waals surface area contributed by atoms with Gasteiger partial charge in [0.25, 0.3) is 5.56 Å². The molecular formula is C17H19ClN6O3. The molecule has 0 radical (unpaired) electrons. The number of aryl methyl sites for hydroxylation is 2. The van der Waals surface area contributed by atoms with Crippen molar-refractivity contribution in [1.29, 1.82) is 0 Å². The maximum Gasteiger partial charge on any atom is 0.332 e. The van der Waals surface area contributed by atoms with Gasteiger partial charge in [-0.15, -0.1) is 0 Å². The highest BCUT2D eigenvalue weighted by Gasteiger charge is 2.16. The molecule has 3 rings (SSSR count). The Morgan fingerprint density at radius 3 is 2.59 bits per heavy atom. The highest BCUT2D eigenvalue weighted by molar-refractivity contribution is 6.32. The van der Waals surface area contributed by atoms with Gasteiger partial charge in [-0.05, 0) is 19.1 Å². The fourth-order valence-electron chi connectivity index (χ4n) is 2.54. The van der Waals surface area contributed by atoms with Crippen LogP contribution in [0.3, 0.4) is 0 Å². The zero-order valence-corrected chi connectivity index (χ0v) is 16.1. The summed E-state index contributed by atoms with van der Waals surface area (Å²) in [5, 5.41) is 4.74. The molecule has 142 valence electrons. The normalized spacial score (nSPS) is 11.8. The molecule has 9 nitrogen and oxygen atoms in total. The lowest BCUT2D eigenvalue weighted by atomic mass is 10.3. The predicted octanol–water partition coefficient (Wildman–Crippen LogP) is 1.49. The number of imidazole rings is 1. The van der Waals surface area contributed by atoms with Crippen LogP contribution in [0.2, 0.25) is 5.02 Å². The van der Waals surface area contributed by atoms with Gasteiger partial charge in [0, 0.05) is 21.1 Å². The number of hydrazone groups is 1. The molecule has 0 aliphatic carbocycles. The third kappa shape index (κ3) is 3.45. The SMILES string of the molecule is CC(COc1ccccc1Cl)=NNc1nc2c(c(=O)n(C)c(=O)n2C)n1C. The quantitative estimate of drug-likeness (QED) is 0.526. The van der Waals surface area contributed by atoms with Crippen molar-refractivity contribution in [2.45, 2.75) is 6.92 Å². The summed E-state index contributed by atoms with van der Waals surface area (Å²) >= 11 is 6.05. The van der Waals surface area contributed by atoms with Crippen LogP contribution in [0.15, 0.2) is 39.0 Å². The van der Waals surface area contributed by atoms with Gasteiger partial charge in [0.05, 0.1) is 10.7 Å². The molecule has 0 unspecified atom stereocenters. The summed E-state index contributed by atoms with van der Waals surface area (Å²) in [5.74, 6) is 0.898. The smallest absolute Gasteiger partial charge is 0.332 e. The van der Waals surface area contributed by atoms with Gasteiger partial charge >= 0.3 is 5.69 Å². The number of hydrogen-bond acceptors (Lipinski definition) is 6. The monoisotopic (exact) mass is 390 g/mol. The number of nitrogens with zero attached hydrogens (tertiary/aromatic N) is 5. The van der Waals surface area contributed by atoms with E-state index < -0.39 is 11.2 Å². The topological polar surface area (TPSA) is 95.4 Å². The first kappa shape index (κ1) is 18.7. The second kappa shape index (κ2) is 7.28. The highest BCUT2D eigenvalue weighted by atomic mass is 35.5. The van der Waals surface area contributed by atoms with E-state index in [4.69, 9.17) is 16.3 Å². The Bertz CT molecular complexity index is 1160. The number of fused-ring (bicyclic) bond motifs is 1. The van der Waals surface area contributed by atoms with E-state index in [9.17, 15) is 9.59 Å². The number of anilines is 1. The Kier molecular flexibility index (Phi) is 5.04. The first-order chi connectivity index (χ1) is 12.8. The van der Waals surface area contributed by atoms with Crippen molar-refractivity contribution < 1.29 is 4.74 Å². The summed E-state index contributed by atoms with van der Waals surface area (Å²) in [4.78, 5) is 28.7. The summed E-state index contributed by atoms with van der Waals surface area (Å²) in [7, 11) is 4.67. The molecule has 0 bridgehead atoms. The predicted molar refractivity (Wildman–Crippen MR) is 105 cm³/mol. The molecule has 0 aliphatic rings. The molecule has 3 aromatic rings. The molecule has 0 atom stereocenters. The average molecular weight is 391 g/mol. The molecular weight excluding hydrogens is 372 g/mol. The molecule has 2 heterocycles. The van der Waals surface area contributed by atoms with E-state index in [0.29, 0.717) is 27.9 Å². The second-order valence-electron chi connectivity index (χ2n) is 6.05. The maximum absolute atomic E-state index is 12.4. The standard InChI is InChI=1S/C17H19ClN6O3/c1-10(9-27-12-8-6-5-7-11(12)18)20-21-16-19-14-13(22(16)2)15(25)24(4)17(26)23(14)3/h5-8H,9H2,1-4H3,(H,19,21). The van der Waals surface area contributed by atoms with Crippen LogP contribution in [0.25, 0.3) is 11.2 Å². The fraction of sp³-hybridized carbons (Fsp3) is 0.294. The number of para-hydroxylation sites is 1. The molecule has 0 spiro atoms. The van der Waals surface area contributed by atoms with E-state index in [1.54, 1.807) is 37.7 Å². The lowest BCUT2D eigenvalue weighted by Gasteiger charge is -2.07. The number of nitrogens with one attached hydrogen (secondary N) is 1. The van der Waals surface area contributed by atoms with Crippen LogP contribution in [-0.4, -0.2) is 31.0 Å². The fourth-order valence-corrected chi connectivity index (χ4v) is 2.73. The third-order valence-corrected chi connectivity index (χ3v) is 4.41. The number of ether oxygens (including phenoxy) is 1. The van der Waals surface area contributed by atoms with Crippen LogP contribution in [0.5, 0.6) is 5.75 Å². The van der Waals surface area contributed by atoms with Gasteiger partial charge in [-0.25, -0.2) is 10.2 Å². The van der Waals surface area contributed by atoms with Crippen molar-refractivity contribution in [2.75, 3.05) is 12.0 Å². The number of benzene rings is 1. The Balaban J connectivity index is 1.83. The zero-order chi connectivity index (χ0) is 19.7. The Hall–Kier alpha value is -3.07. The molecule has 0 saturated carbocycles. The van der Waals surface area contributed by atoms with E-state index in [2.05, 4.69) is 15.5 Å². The van der Waals surface area contributed by atoms with E-state index >= 15 is 0 Å². The maximum atomic E-state index is 12.4. The van der Waals surface area contributed by atoms with Crippen LogP contribution < -0.4 is 21.4 Å². The average Bonchev–Trinajstić information content (AvgIpc) is 2.99. The van der Waals surface area contributed by atoms with Crippen LogP contribution in [0.1, 0.15) is 6.92 Å². The minimum atomic E-state index is -0.440. The zero-order valence-electron chi connectivity index (χ0n) is 15.4. The summed E-state index contributed by atoms with van der Waals surface area (Å²) in [5.41, 5.74) is 3.19. The lowest BCUT2D eigenvalue weighted by Crippen LogP contribution is -2.37. The van der Waals surface area contributed by atoms with Gasteiger partial charge in [0.15, 0.2) is 11.2 Å². The summed E-state index contributed by atoms with van der Waals surface area (Å²) < 4.78 is 9.54. The highest BCUT2D eigenvalue weighted by Crippen LogP contribution is 2.23. The largest absolute Gasteiger partial charge is 0.486 e. The van der Waals surface area contributed by atoms with E-state index in [0.717, 1.165) is 4.57 Å². The molecule has 0 aliphatic heterocycles. The molecule has 1 aromatic carbocycles. The number of rotatable bonds is 5. The number of halogens is 1. The van der Waals surface area contributed by atoms with Crippen LogP contribution in [0.4, 0.5) is 5.95 Å². The van der Waals surface area contributed by atoms with Gasteiger partial charge in [0.1, 0.15) is 12.4 Å². The first-order valence-corrected chi connectivity index (χ1v) is 8.48. The third-order valence-electron chi connectivity index (χ3n) is 4.10. The molecule has 0 fully saturated rings. The van der Waals surface area contributed by atoms with Gasteiger partial charge in [0.2, 0.25) is 5.95 Å². The lowest BCUT2D eigenvalue weighted by molar-refractivity contribution is 0.376. The molecule has 0 saturated heterocycles. The molecule has 0 amide bonds. The van der Waals surface area contributed by atoms with Crippen molar-refractivity contribution in [1.82, 2.24) is 18.7 Å². The summed E-state index contributed by atoms with van der Waals surface area (Å²) in [6.07, 6.45) is 0. The molecule has 10 heteroatoms. The van der Waals surface area contributed by atoms with Crippen molar-refractivity contribution in [3.63, 3.8) is 0 Å². The minimum absolute atomic E-state index is 0.223. The van der Waals surface area contributed by atoms with Gasteiger partial charge in [-0.3, -0.25) is 13.9 Å². The first-order valence-electron chi connectivity index (χ1n) is 8.10. The Labute approximate surface area is 159 Å². The molecule has 1 N–H and O–H groups in total. The van der Waals surface area contributed by atoms with Gasteiger partial charge < -0.3 is 9.30 Å². The number of aromatic nitrogens is 4. The van der Waals surface area contributed by atoms with Gasteiger partial charge in [-0.1, -0.05) is 23.7 Å². The summed E-state index contributed by atoms with van der Waals surface area (Å²) in [6, 6.07) is 7.16. The second-order valence-corrected chi connectivity index (χ2v) is 6.46. The Morgan fingerprint density at radius 2 is 1.89 bits per heavy atom. The molecule has 2 aromatic heterocycles. The molecule has 27 heavy (non-hydrogen) atoms. The van der Waals surface area contributed by atoms with E-state index in [1.807, 2.05) is 12.1 Å². The van der Waals surface area contributed by atoms with Crippen molar-refractivity contribution in [3.05, 3.63) is 50.1 Å². The van der Waals surface area contributed by atoms with Crippen LogP contribution in [0, 0.1) is 0 Å². The van der Waals surface area contributed by atoms with Crippen molar-refractivity contribution in [2.24, 2.45) is 26.2 Å². The van der Waals surface area contributed by atoms with E-state index in [-0.39, 0.29) is 12.3 Å². The number of hydrogen-bond donors (Lipinski definition) is 1. The minimum Gasteiger partial charge on any atom is -0.486 e. The van der Waals surface area contributed by atoms with Crippen LogP contribution >= 0.6 is 11.6 Å². The Morgan fingerprint density at radius 1 is 1.19 bits per heavy atom. The van der Waals surface area contributed by atoms with E-state index in [1.165, 1.54) is 11.6 Å². The van der Waals surface area contributed by atoms with Crippen molar-refractivity contribution in [3.8, 4) is 5.75 Å². The van der Waals surface area contributed by atoms with Gasteiger partial charge in [-0.2, -0.15) is 10.1 Å². The van der Waals surface area contributed by atoms with Crippen LogP contribution in [-0.2, 0) is 21.1 Å². The summed E-state index contributed by atoms with van der Waals surface area (Å²) in [6.45, 7) is 2.00.